The zero-order valence-electron chi connectivity index (χ0n) is 12.2. The second kappa shape index (κ2) is 7.72. The van der Waals surface area contributed by atoms with E-state index >= 15 is 0 Å². The number of rotatable bonds is 8. The summed E-state index contributed by atoms with van der Waals surface area (Å²) in [6, 6.07) is 0. The van der Waals surface area contributed by atoms with E-state index in [1.165, 1.54) is 18.6 Å². The summed E-state index contributed by atoms with van der Waals surface area (Å²) in [6.07, 6.45) is 6.67. The first-order chi connectivity index (χ1) is 8.61. The van der Waals surface area contributed by atoms with Crippen molar-refractivity contribution in [1.82, 2.24) is 9.55 Å². The molecule has 1 aromatic heterocycles. The summed E-state index contributed by atoms with van der Waals surface area (Å²) < 4.78 is 2.22. The van der Waals surface area contributed by atoms with Crippen LogP contribution < -0.4 is 5.73 Å². The first-order valence-corrected chi connectivity index (χ1v) is 8.34. The Labute approximate surface area is 116 Å². The van der Waals surface area contributed by atoms with Crippen LogP contribution >= 0.6 is 11.8 Å². The molecule has 0 aliphatic rings. The highest BCUT2D eigenvalue weighted by atomic mass is 32.2. The van der Waals surface area contributed by atoms with Gasteiger partial charge in [-0.25, -0.2) is 4.98 Å². The summed E-state index contributed by atoms with van der Waals surface area (Å²) >= 11 is 1.88. The van der Waals surface area contributed by atoms with Crippen LogP contribution in [0.5, 0.6) is 0 Å². The van der Waals surface area contributed by atoms with Gasteiger partial charge in [0.15, 0.2) is 0 Å². The van der Waals surface area contributed by atoms with E-state index in [-0.39, 0.29) is 0 Å². The molecule has 1 heterocycles. The van der Waals surface area contributed by atoms with Crippen LogP contribution in [0.4, 0.5) is 5.82 Å². The topological polar surface area (TPSA) is 43.8 Å². The predicted octanol–water partition coefficient (Wildman–Crippen LogP) is 3.68. The monoisotopic (exact) mass is 269 g/mol. The summed E-state index contributed by atoms with van der Waals surface area (Å²) in [4.78, 5) is 4.76. The molecule has 0 spiro atoms. The number of imidazole rings is 1. The van der Waals surface area contributed by atoms with Gasteiger partial charge in [0, 0.05) is 12.5 Å². The van der Waals surface area contributed by atoms with Gasteiger partial charge in [0.25, 0.3) is 0 Å². The third-order valence-corrected chi connectivity index (χ3v) is 3.82. The maximum Gasteiger partial charge on any atom is 0.126 e. The molecular formula is C14H27N3S. The Kier molecular flexibility index (Phi) is 6.61. The number of thioether (sulfide) groups is 1. The highest BCUT2D eigenvalue weighted by molar-refractivity contribution is 7.98. The fourth-order valence-electron chi connectivity index (χ4n) is 2.10. The standard InChI is InChI=1S/C14H27N3S/c1-5-6-9-17-13(15)12(8-7-10-18-4)16-14(17)11(2)3/h11H,5-10,15H2,1-4H3. The lowest BCUT2D eigenvalue weighted by Crippen LogP contribution is -2.08. The van der Waals surface area contributed by atoms with Crippen LogP contribution in [0.3, 0.4) is 0 Å². The van der Waals surface area contributed by atoms with E-state index < -0.39 is 0 Å². The van der Waals surface area contributed by atoms with Gasteiger partial charge in [-0.1, -0.05) is 27.2 Å². The van der Waals surface area contributed by atoms with Crippen molar-refractivity contribution < 1.29 is 0 Å². The highest BCUT2D eigenvalue weighted by Gasteiger charge is 2.16. The van der Waals surface area contributed by atoms with E-state index in [2.05, 4.69) is 31.6 Å². The van der Waals surface area contributed by atoms with Crippen molar-refractivity contribution in [3.8, 4) is 0 Å². The molecule has 0 atom stereocenters. The van der Waals surface area contributed by atoms with E-state index in [1.54, 1.807) is 0 Å². The van der Waals surface area contributed by atoms with E-state index in [0.29, 0.717) is 5.92 Å². The average molecular weight is 269 g/mol. The second-order valence-electron chi connectivity index (χ2n) is 5.06. The third-order valence-electron chi connectivity index (χ3n) is 3.13. The van der Waals surface area contributed by atoms with Crippen LogP contribution in [0.15, 0.2) is 0 Å². The molecule has 0 saturated heterocycles. The summed E-state index contributed by atoms with van der Waals surface area (Å²) in [5, 5.41) is 0. The molecule has 1 rings (SSSR count). The van der Waals surface area contributed by atoms with Gasteiger partial charge >= 0.3 is 0 Å². The minimum atomic E-state index is 0.443. The maximum atomic E-state index is 6.26. The lowest BCUT2D eigenvalue weighted by molar-refractivity contribution is 0.588. The molecule has 0 unspecified atom stereocenters. The second-order valence-corrected chi connectivity index (χ2v) is 6.04. The number of aromatic nitrogens is 2. The smallest absolute Gasteiger partial charge is 0.126 e. The molecule has 1 aromatic rings. The summed E-state index contributed by atoms with van der Waals surface area (Å²) in [6.45, 7) is 7.60. The summed E-state index contributed by atoms with van der Waals surface area (Å²) in [5.41, 5.74) is 7.36. The van der Waals surface area contributed by atoms with Gasteiger partial charge in [0.1, 0.15) is 11.6 Å². The number of nitrogens with zero attached hydrogens (tertiary/aromatic N) is 2. The van der Waals surface area contributed by atoms with Crippen molar-refractivity contribution in [1.29, 1.82) is 0 Å². The maximum absolute atomic E-state index is 6.26. The molecule has 0 aliphatic carbocycles. The van der Waals surface area contributed by atoms with Gasteiger partial charge < -0.3 is 10.3 Å². The number of unbranched alkanes of at least 4 members (excludes halogenated alkanes) is 1. The van der Waals surface area contributed by atoms with E-state index in [1.807, 2.05) is 11.8 Å². The van der Waals surface area contributed by atoms with Gasteiger partial charge in [0.2, 0.25) is 0 Å². The van der Waals surface area contributed by atoms with Crippen LogP contribution in [-0.2, 0) is 13.0 Å². The van der Waals surface area contributed by atoms with Gasteiger partial charge in [0.05, 0.1) is 5.69 Å². The highest BCUT2D eigenvalue weighted by Crippen LogP contribution is 2.23. The minimum Gasteiger partial charge on any atom is -0.384 e. The first-order valence-electron chi connectivity index (χ1n) is 6.95. The Morgan fingerprint density at radius 1 is 1.33 bits per heavy atom. The van der Waals surface area contributed by atoms with Crippen LogP contribution in [0, 0.1) is 0 Å². The van der Waals surface area contributed by atoms with Gasteiger partial charge in [-0.15, -0.1) is 0 Å². The molecule has 0 radical (unpaired) electrons. The van der Waals surface area contributed by atoms with Gasteiger partial charge in [-0.3, -0.25) is 0 Å². The van der Waals surface area contributed by atoms with Gasteiger partial charge in [-0.05, 0) is 31.3 Å². The molecule has 0 amide bonds. The Morgan fingerprint density at radius 2 is 2.06 bits per heavy atom. The molecule has 0 fully saturated rings. The number of aryl methyl sites for hydroxylation is 1. The zero-order valence-corrected chi connectivity index (χ0v) is 13.0. The molecule has 4 heteroatoms. The van der Waals surface area contributed by atoms with Crippen molar-refractivity contribution in [2.75, 3.05) is 17.7 Å². The van der Waals surface area contributed by atoms with Crippen molar-refractivity contribution in [2.24, 2.45) is 0 Å². The van der Waals surface area contributed by atoms with E-state index in [4.69, 9.17) is 10.7 Å². The molecule has 2 N–H and O–H groups in total. The lowest BCUT2D eigenvalue weighted by atomic mass is 10.2. The average Bonchev–Trinajstić information content (AvgIpc) is 2.65. The van der Waals surface area contributed by atoms with Crippen molar-refractivity contribution in [3.63, 3.8) is 0 Å². The molecule has 0 aliphatic heterocycles. The summed E-state index contributed by atoms with van der Waals surface area (Å²) in [7, 11) is 0. The molecule has 18 heavy (non-hydrogen) atoms. The van der Waals surface area contributed by atoms with Crippen molar-refractivity contribution in [2.45, 2.75) is 58.9 Å². The largest absolute Gasteiger partial charge is 0.384 e. The van der Waals surface area contributed by atoms with Crippen LogP contribution in [0.1, 0.15) is 57.5 Å². The molecule has 3 nitrogen and oxygen atoms in total. The Hall–Kier alpha value is -0.640. The van der Waals surface area contributed by atoms with E-state index in [9.17, 15) is 0 Å². The van der Waals surface area contributed by atoms with Crippen LogP contribution in [0.2, 0.25) is 0 Å². The van der Waals surface area contributed by atoms with E-state index in [0.717, 1.165) is 36.7 Å². The van der Waals surface area contributed by atoms with Crippen molar-refractivity contribution >= 4 is 17.6 Å². The fraction of sp³-hybridized carbons (Fsp3) is 0.786. The fourth-order valence-corrected chi connectivity index (χ4v) is 2.53. The first kappa shape index (κ1) is 15.4. The molecular weight excluding hydrogens is 242 g/mol. The summed E-state index contributed by atoms with van der Waals surface area (Å²) in [5.74, 6) is 3.67. The normalized spacial score (nSPS) is 11.4. The van der Waals surface area contributed by atoms with Crippen LogP contribution in [-0.4, -0.2) is 21.6 Å². The Bertz CT molecular complexity index is 358. The minimum absolute atomic E-state index is 0.443. The predicted molar refractivity (Wildman–Crippen MR) is 82.3 cm³/mol. The quantitative estimate of drug-likeness (QED) is 0.732. The Balaban J connectivity index is 2.85. The van der Waals surface area contributed by atoms with Crippen LogP contribution in [0.25, 0.3) is 0 Å². The Morgan fingerprint density at radius 3 is 2.61 bits per heavy atom. The third kappa shape index (κ3) is 3.94. The number of hydrogen-bond acceptors (Lipinski definition) is 3. The number of hydrogen-bond donors (Lipinski definition) is 1. The van der Waals surface area contributed by atoms with Gasteiger partial charge in [-0.2, -0.15) is 11.8 Å². The molecule has 0 bridgehead atoms. The molecule has 0 saturated carbocycles. The number of nitrogens with two attached hydrogens (primary N) is 1. The molecule has 104 valence electrons. The lowest BCUT2D eigenvalue weighted by Gasteiger charge is -2.11. The zero-order chi connectivity index (χ0) is 13.5. The SMILES string of the molecule is CCCCn1c(C(C)C)nc(CCCSC)c1N. The van der Waals surface area contributed by atoms with Crippen molar-refractivity contribution in [3.05, 3.63) is 11.5 Å². The number of nitrogen functional groups attached to an aromatic ring is 1. The number of anilines is 1. The molecule has 0 aromatic carbocycles.